The van der Waals surface area contributed by atoms with Gasteiger partial charge in [0.1, 0.15) is 11.5 Å². The van der Waals surface area contributed by atoms with Gasteiger partial charge in [-0.2, -0.15) is 0 Å². The van der Waals surface area contributed by atoms with E-state index in [9.17, 15) is 27.6 Å². The summed E-state index contributed by atoms with van der Waals surface area (Å²) in [7, 11) is -4.36. The number of carbonyl (C=O) groups excluding carboxylic acids is 2. The molecule has 0 fully saturated rings. The van der Waals surface area contributed by atoms with E-state index in [4.69, 9.17) is 19.7 Å². The van der Waals surface area contributed by atoms with Gasteiger partial charge in [-0.05, 0) is 24.3 Å². The summed E-state index contributed by atoms with van der Waals surface area (Å²) in [5.74, 6) is -3.70. The molecule has 0 radical (unpaired) electrons. The van der Waals surface area contributed by atoms with Crippen LogP contribution in [0.5, 0.6) is 11.5 Å². The molecule has 0 aromatic heterocycles. The number of sulfone groups is 1. The molecule has 0 heterocycles. The van der Waals surface area contributed by atoms with Crippen molar-refractivity contribution in [2.45, 2.75) is 23.6 Å². The Morgan fingerprint density at radius 2 is 1.12 bits per heavy atom. The predicted octanol–water partition coefficient (Wildman–Crippen LogP) is 1.36. The summed E-state index contributed by atoms with van der Waals surface area (Å²) in [6.07, 6.45) is 0. The molecule has 0 aliphatic heterocycles. The van der Waals surface area contributed by atoms with Gasteiger partial charge in [0.15, 0.2) is 13.2 Å². The van der Waals surface area contributed by atoms with Crippen LogP contribution in [0.3, 0.4) is 0 Å². The quantitative estimate of drug-likeness (QED) is 0.387. The van der Waals surface area contributed by atoms with Crippen molar-refractivity contribution in [3.05, 3.63) is 36.4 Å². The Bertz CT molecular complexity index is 1120. The Balaban J connectivity index is 2.58. The van der Waals surface area contributed by atoms with Crippen molar-refractivity contribution in [3.63, 3.8) is 0 Å². The van der Waals surface area contributed by atoms with Gasteiger partial charge in [0.05, 0.1) is 21.2 Å². The van der Waals surface area contributed by atoms with Crippen LogP contribution in [-0.4, -0.2) is 55.6 Å². The van der Waals surface area contributed by atoms with Gasteiger partial charge < -0.3 is 30.3 Å². The molecular formula is C20H20N2O10S. The first-order chi connectivity index (χ1) is 15.4. The molecule has 2 amide bonds. The van der Waals surface area contributed by atoms with Gasteiger partial charge >= 0.3 is 11.9 Å². The maximum atomic E-state index is 13.4. The molecule has 12 nitrogen and oxygen atoms in total. The summed E-state index contributed by atoms with van der Waals surface area (Å²) in [6.45, 7) is 0.934. The smallest absolute Gasteiger partial charge is 0.341 e. The molecular weight excluding hydrogens is 460 g/mol. The van der Waals surface area contributed by atoms with Crippen LogP contribution >= 0.6 is 0 Å². The number of hydrogen-bond donors (Lipinski definition) is 4. The Labute approximate surface area is 188 Å². The maximum Gasteiger partial charge on any atom is 0.341 e. The first kappa shape index (κ1) is 25.1. The fourth-order valence-electron chi connectivity index (χ4n) is 2.65. The predicted molar refractivity (Wildman–Crippen MR) is 113 cm³/mol. The van der Waals surface area contributed by atoms with E-state index in [0.717, 1.165) is 38.1 Å². The van der Waals surface area contributed by atoms with Crippen molar-refractivity contribution in [1.29, 1.82) is 0 Å². The average Bonchev–Trinajstić information content (AvgIpc) is 2.69. The molecule has 13 heteroatoms. The van der Waals surface area contributed by atoms with E-state index < -0.39 is 46.8 Å². The van der Waals surface area contributed by atoms with Crippen LogP contribution in [0.15, 0.2) is 46.2 Å². The van der Waals surface area contributed by atoms with Gasteiger partial charge in [-0.3, -0.25) is 9.59 Å². The normalized spacial score (nSPS) is 10.7. The molecule has 2 aromatic rings. The number of rotatable bonds is 10. The van der Waals surface area contributed by atoms with E-state index >= 15 is 0 Å². The standard InChI is InChI=1S/C20H20N2O10S/c1-11(23)21-15-7-13(31-9-19(25)26)3-5-17(15)33(29,30)18-6-4-14(32-10-20(27)28)8-16(18)22-12(2)24/h3-8H,9-10H2,1-2H3,(H,21,23)(H,22,24)(H,25,26)(H,27,28). The monoisotopic (exact) mass is 480 g/mol. The van der Waals surface area contributed by atoms with E-state index in [-0.39, 0.29) is 32.7 Å². The Kier molecular flexibility index (Phi) is 7.96. The zero-order valence-corrected chi connectivity index (χ0v) is 18.3. The van der Waals surface area contributed by atoms with Crippen molar-refractivity contribution in [3.8, 4) is 11.5 Å². The van der Waals surface area contributed by atoms with Gasteiger partial charge in [-0.15, -0.1) is 0 Å². The summed E-state index contributed by atoms with van der Waals surface area (Å²) in [5, 5.41) is 22.2. The molecule has 0 bridgehead atoms. The first-order valence-corrected chi connectivity index (χ1v) is 10.7. The van der Waals surface area contributed by atoms with Crippen molar-refractivity contribution in [1.82, 2.24) is 0 Å². The Morgan fingerprint density at radius 1 is 0.758 bits per heavy atom. The second kappa shape index (κ2) is 10.5. The number of benzene rings is 2. The lowest BCUT2D eigenvalue weighted by molar-refractivity contribution is -0.140. The minimum atomic E-state index is -4.36. The van der Waals surface area contributed by atoms with Crippen LogP contribution in [-0.2, 0) is 29.0 Å². The Morgan fingerprint density at radius 3 is 1.42 bits per heavy atom. The zero-order valence-electron chi connectivity index (χ0n) is 17.4. The third kappa shape index (κ3) is 6.93. The van der Waals surface area contributed by atoms with Crippen LogP contribution in [0, 0.1) is 0 Å². The van der Waals surface area contributed by atoms with Crippen LogP contribution in [0.1, 0.15) is 13.8 Å². The SMILES string of the molecule is CC(=O)Nc1cc(OCC(=O)O)ccc1S(=O)(=O)c1ccc(OCC(=O)O)cc1NC(C)=O. The number of carbonyl (C=O) groups is 4. The minimum Gasteiger partial charge on any atom is -0.482 e. The molecule has 4 N–H and O–H groups in total. The third-order valence-corrected chi connectivity index (χ3v) is 5.70. The lowest BCUT2D eigenvalue weighted by Gasteiger charge is -2.16. The third-order valence-electron chi connectivity index (χ3n) is 3.83. The maximum absolute atomic E-state index is 13.4. The number of nitrogens with one attached hydrogen (secondary N) is 2. The number of ether oxygens (including phenoxy) is 2. The molecule has 0 atom stereocenters. The summed E-state index contributed by atoms with van der Waals surface area (Å²) < 4.78 is 36.9. The first-order valence-electron chi connectivity index (χ1n) is 9.17. The van der Waals surface area contributed by atoms with Crippen LogP contribution < -0.4 is 20.1 Å². The van der Waals surface area contributed by atoms with Gasteiger partial charge in [0.25, 0.3) is 0 Å². The number of carboxylic acid groups (broad SMARTS) is 2. The Hall–Kier alpha value is -4.13. The van der Waals surface area contributed by atoms with Gasteiger partial charge in [0, 0.05) is 26.0 Å². The van der Waals surface area contributed by atoms with Crippen molar-refractivity contribution >= 4 is 45.0 Å². The van der Waals surface area contributed by atoms with Crippen molar-refractivity contribution in [2.75, 3.05) is 23.8 Å². The molecule has 0 saturated carbocycles. The second-order valence-corrected chi connectivity index (χ2v) is 8.43. The lowest BCUT2D eigenvalue weighted by atomic mass is 10.3. The van der Waals surface area contributed by atoms with E-state index in [1.165, 1.54) is 12.1 Å². The minimum absolute atomic E-state index is 0.000368. The van der Waals surface area contributed by atoms with Crippen molar-refractivity contribution in [2.24, 2.45) is 0 Å². The highest BCUT2D eigenvalue weighted by Crippen LogP contribution is 2.36. The van der Waals surface area contributed by atoms with Gasteiger partial charge in [0.2, 0.25) is 21.7 Å². The molecule has 33 heavy (non-hydrogen) atoms. The fourth-order valence-corrected chi connectivity index (χ4v) is 4.18. The molecule has 2 aromatic carbocycles. The number of aliphatic carboxylic acids is 2. The average molecular weight is 480 g/mol. The summed E-state index contributed by atoms with van der Waals surface area (Å²) >= 11 is 0. The van der Waals surface area contributed by atoms with E-state index in [2.05, 4.69) is 10.6 Å². The number of anilines is 2. The topological polar surface area (TPSA) is 185 Å². The molecule has 0 spiro atoms. The fraction of sp³-hybridized carbons (Fsp3) is 0.200. The second-order valence-electron chi connectivity index (χ2n) is 6.55. The summed E-state index contributed by atoms with van der Waals surface area (Å²) in [6, 6.07) is 6.96. The molecule has 176 valence electrons. The molecule has 0 aliphatic rings. The molecule has 2 rings (SSSR count). The summed E-state index contributed by atoms with van der Waals surface area (Å²) in [5.41, 5.74) is -0.351. The van der Waals surface area contributed by atoms with Gasteiger partial charge in [-0.1, -0.05) is 0 Å². The van der Waals surface area contributed by atoms with Gasteiger partial charge in [-0.25, -0.2) is 18.0 Å². The number of amides is 2. The highest BCUT2D eigenvalue weighted by molar-refractivity contribution is 7.91. The summed E-state index contributed by atoms with van der Waals surface area (Å²) in [4.78, 5) is 44.0. The lowest BCUT2D eigenvalue weighted by Crippen LogP contribution is -2.16. The van der Waals surface area contributed by atoms with E-state index in [0.29, 0.717) is 0 Å². The zero-order chi connectivity index (χ0) is 24.8. The number of hydrogen-bond acceptors (Lipinski definition) is 8. The number of carboxylic acids is 2. The molecule has 0 saturated heterocycles. The molecule has 0 unspecified atom stereocenters. The van der Waals surface area contributed by atoms with Crippen LogP contribution in [0.2, 0.25) is 0 Å². The van der Waals surface area contributed by atoms with E-state index in [1.54, 1.807) is 0 Å². The highest BCUT2D eigenvalue weighted by atomic mass is 32.2. The van der Waals surface area contributed by atoms with Crippen LogP contribution in [0.4, 0.5) is 11.4 Å². The molecule has 0 aliphatic carbocycles. The van der Waals surface area contributed by atoms with Crippen LogP contribution in [0.25, 0.3) is 0 Å². The van der Waals surface area contributed by atoms with Crippen molar-refractivity contribution < 1.29 is 47.3 Å². The highest BCUT2D eigenvalue weighted by Gasteiger charge is 2.26. The van der Waals surface area contributed by atoms with E-state index in [1.807, 2.05) is 0 Å². The largest absolute Gasteiger partial charge is 0.482 e.